The fraction of sp³-hybridized carbons (Fsp3) is 0.909. The molecule has 0 radical (unpaired) electrons. The van der Waals surface area contributed by atoms with Crippen LogP contribution in [0, 0.1) is 0 Å². The van der Waals surface area contributed by atoms with Crippen molar-refractivity contribution in [3.8, 4) is 0 Å². The van der Waals surface area contributed by atoms with E-state index in [-0.39, 0.29) is 6.03 Å². The van der Waals surface area contributed by atoms with Crippen molar-refractivity contribution < 1.29 is 4.79 Å². The predicted octanol–water partition coefficient (Wildman–Crippen LogP) is 2.57. The number of hydrogen-bond acceptors (Lipinski definition) is 1. The van der Waals surface area contributed by atoms with Crippen LogP contribution in [0.4, 0.5) is 4.79 Å². The summed E-state index contributed by atoms with van der Waals surface area (Å²) < 4.78 is 0. The maximum Gasteiger partial charge on any atom is 0.319 e. The zero-order valence-corrected chi connectivity index (χ0v) is 10.0. The summed E-state index contributed by atoms with van der Waals surface area (Å²) in [5.74, 6) is 0. The number of hydrogen-bond donors (Lipinski definition) is 0. The first-order valence-corrected chi connectivity index (χ1v) is 5.74. The van der Waals surface area contributed by atoms with Crippen molar-refractivity contribution in [3.05, 3.63) is 0 Å². The van der Waals surface area contributed by atoms with E-state index >= 15 is 0 Å². The summed E-state index contributed by atoms with van der Waals surface area (Å²) in [4.78, 5) is 15.7. The highest BCUT2D eigenvalue weighted by atomic mass is 16.2. The van der Waals surface area contributed by atoms with Gasteiger partial charge in [-0.2, -0.15) is 0 Å². The molecule has 14 heavy (non-hydrogen) atoms. The third-order valence-electron chi connectivity index (χ3n) is 2.47. The van der Waals surface area contributed by atoms with Crippen LogP contribution in [0.25, 0.3) is 0 Å². The molecule has 0 atom stereocenters. The molecular weight excluding hydrogens is 176 g/mol. The smallest absolute Gasteiger partial charge is 0.319 e. The number of urea groups is 1. The molecular formula is C11H24N2O. The highest BCUT2D eigenvalue weighted by molar-refractivity contribution is 5.74. The molecule has 0 aromatic carbocycles. The third kappa shape index (κ3) is 3.99. The van der Waals surface area contributed by atoms with Gasteiger partial charge in [0.1, 0.15) is 0 Å². The number of amides is 2. The van der Waals surface area contributed by atoms with Gasteiger partial charge in [0.25, 0.3) is 0 Å². The Bertz CT molecular complexity index is 155. The Hall–Kier alpha value is -0.730. The minimum Gasteiger partial charge on any atom is -0.325 e. The highest BCUT2D eigenvalue weighted by Crippen LogP contribution is 2.01. The summed E-state index contributed by atoms with van der Waals surface area (Å²) in [5.41, 5.74) is 0. The third-order valence-corrected chi connectivity index (χ3v) is 2.47. The van der Waals surface area contributed by atoms with E-state index in [2.05, 4.69) is 6.92 Å². The molecule has 0 spiro atoms. The Labute approximate surface area is 88.1 Å². The molecule has 0 N–H and O–H groups in total. The van der Waals surface area contributed by atoms with Crippen LogP contribution in [0.2, 0.25) is 0 Å². The number of unbranched alkanes of at least 4 members (excludes halogenated alkanes) is 1. The molecule has 3 heteroatoms. The van der Waals surface area contributed by atoms with E-state index in [1.54, 1.807) is 0 Å². The van der Waals surface area contributed by atoms with Crippen molar-refractivity contribution in [2.75, 3.05) is 26.2 Å². The normalized spacial score (nSPS) is 10.0. The van der Waals surface area contributed by atoms with Gasteiger partial charge < -0.3 is 9.80 Å². The zero-order valence-electron chi connectivity index (χ0n) is 10.0. The molecule has 2 amide bonds. The fourth-order valence-electron chi connectivity index (χ4n) is 1.43. The zero-order chi connectivity index (χ0) is 11.0. The monoisotopic (exact) mass is 200 g/mol. The Morgan fingerprint density at radius 1 is 0.929 bits per heavy atom. The Morgan fingerprint density at radius 2 is 1.43 bits per heavy atom. The Kier molecular flexibility index (Phi) is 7.25. The van der Waals surface area contributed by atoms with Crippen LogP contribution in [0.5, 0.6) is 0 Å². The average molecular weight is 200 g/mol. The molecule has 0 bridgehead atoms. The van der Waals surface area contributed by atoms with E-state index in [0.29, 0.717) is 0 Å². The summed E-state index contributed by atoms with van der Waals surface area (Å²) in [6.45, 7) is 11.5. The van der Waals surface area contributed by atoms with Crippen LogP contribution >= 0.6 is 0 Å². The van der Waals surface area contributed by atoms with E-state index in [1.165, 1.54) is 0 Å². The molecule has 0 rings (SSSR count). The van der Waals surface area contributed by atoms with E-state index in [1.807, 2.05) is 30.6 Å². The Balaban J connectivity index is 4.13. The lowest BCUT2D eigenvalue weighted by molar-refractivity contribution is 0.159. The van der Waals surface area contributed by atoms with Crippen molar-refractivity contribution in [1.29, 1.82) is 0 Å². The first kappa shape index (κ1) is 13.3. The Morgan fingerprint density at radius 3 is 1.79 bits per heavy atom. The van der Waals surface area contributed by atoms with Gasteiger partial charge in [0.15, 0.2) is 0 Å². The van der Waals surface area contributed by atoms with Gasteiger partial charge >= 0.3 is 6.03 Å². The summed E-state index contributed by atoms with van der Waals surface area (Å²) in [6.07, 6.45) is 2.24. The van der Waals surface area contributed by atoms with E-state index in [9.17, 15) is 4.79 Å². The number of carbonyl (C=O) groups is 1. The SMILES string of the molecule is CCCCN(CC)C(=O)N(CC)CC. The first-order valence-electron chi connectivity index (χ1n) is 5.74. The molecule has 0 saturated carbocycles. The average Bonchev–Trinajstić information content (AvgIpc) is 2.21. The van der Waals surface area contributed by atoms with Crippen LogP contribution in [-0.2, 0) is 0 Å². The quantitative estimate of drug-likeness (QED) is 0.646. The second-order valence-corrected chi connectivity index (χ2v) is 3.39. The summed E-state index contributed by atoms with van der Waals surface area (Å²) in [5, 5.41) is 0. The van der Waals surface area contributed by atoms with Crippen molar-refractivity contribution >= 4 is 6.03 Å². The summed E-state index contributed by atoms with van der Waals surface area (Å²) in [6, 6.07) is 0.186. The fourth-order valence-corrected chi connectivity index (χ4v) is 1.43. The van der Waals surface area contributed by atoms with Crippen LogP contribution in [0.1, 0.15) is 40.5 Å². The lowest BCUT2D eigenvalue weighted by atomic mass is 10.3. The van der Waals surface area contributed by atoms with Gasteiger partial charge in [-0.1, -0.05) is 13.3 Å². The van der Waals surface area contributed by atoms with Gasteiger partial charge in [0.2, 0.25) is 0 Å². The van der Waals surface area contributed by atoms with E-state index < -0.39 is 0 Å². The molecule has 0 heterocycles. The lowest BCUT2D eigenvalue weighted by Crippen LogP contribution is -2.43. The molecule has 0 aliphatic heterocycles. The van der Waals surface area contributed by atoms with Gasteiger partial charge in [-0.3, -0.25) is 0 Å². The van der Waals surface area contributed by atoms with Crippen LogP contribution in [-0.4, -0.2) is 42.0 Å². The van der Waals surface area contributed by atoms with Crippen LogP contribution in [0.3, 0.4) is 0 Å². The molecule has 0 unspecified atom stereocenters. The van der Waals surface area contributed by atoms with Crippen molar-refractivity contribution in [2.24, 2.45) is 0 Å². The maximum absolute atomic E-state index is 11.9. The van der Waals surface area contributed by atoms with Crippen molar-refractivity contribution in [2.45, 2.75) is 40.5 Å². The standard InChI is InChI=1S/C11H24N2O/c1-5-9-10-13(8-4)11(14)12(6-2)7-3/h5-10H2,1-4H3. The molecule has 0 saturated heterocycles. The van der Waals surface area contributed by atoms with Crippen LogP contribution in [0.15, 0.2) is 0 Å². The molecule has 0 aromatic heterocycles. The predicted molar refractivity (Wildman–Crippen MR) is 60.5 cm³/mol. The lowest BCUT2D eigenvalue weighted by Gasteiger charge is -2.28. The minimum absolute atomic E-state index is 0.186. The van der Waals surface area contributed by atoms with Gasteiger partial charge in [-0.05, 0) is 27.2 Å². The number of rotatable bonds is 6. The van der Waals surface area contributed by atoms with Crippen molar-refractivity contribution in [3.63, 3.8) is 0 Å². The first-order chi connectivity index (χ1) is 6.71. The van der Waals surface area contributed by atoms with E-state index in [0.717, 1.165) is 39.0 Å². The molecule has 0 aromatic rings. The molecule has 0 aliphatic rings. The van der Waals surface area contributed by atoms with Crippen molar-refractivity contribution in [1.82, 2.24) is 9.80 Å². The molecule has 0 aliphatic carbocycles. The second-order valence-electron chi connectivity index (χ2n) is 3.39. The molecule has 0 fully saturated rings. The second kappa shape index (κ2) is 7.65. The maximum atomic E-state index is 11.9. The van der Waals surface area contributed by atoms with Gasteiger partial charge in [-0.15, -0.1) is 0 Å². The summed E-state index contributed by atoms with van der Waals surface area (Å²) >= 11 is 0. The largest absolute Gasteiger partial charge is 0.325 e. The molecule has 84 valence electrons. The topological polar surface area (TPSA) is 23.6 Å². The van der Waals surface area contributed by atoms with Gasteiger partial charge in [0.05, 0.1) is 0 Å². The summed E-state index contributed by atoms with van der Waals surface area (Å²) in [7, 11) is 0. The van der Waals surface area contributed by atoms with Gasteiger partial charge in [-0.25, -0.2) is 4.79 Å². The number of nitrogens with zero attached hydrogens (tertiary/aromatic N) is 2. The van der Waals surface area contributed by atoms with Gasteiger partial charge in [0, 0.05) is 26.2 Å². The van der Waals surface area contributed by atoms with E-state index in [4.69, 9.17) is 0 Å². The van der Waals surface area contributed by atoms with Crippen LogP contribution < -0.4 is 0 Å². The molecule has 3 nitrogen and oxygen atoms in total. The highest BCUT2D eigenvalue weighted by Gasteiger charge is 2.15. The minimum atomic E-state index is 0.186. The number of carbonyl (C=O) groups excluding carboxylic acids is 1.